The van der Waals surface area contributed by atoms with Gasteiger partial charge in [-0.1, -0.05) is 19.1 Å². The zero-order valence-corrected chi connectivity index (χ0v) is 16.9. The van der Waals surface area contributed by atoms with Gasteiger partial charge in [-0.25, -0.2) is 0 Å². The molecule has 2 aliphatic heterocycles. The van der Waals surface area contributed by atoms with Crippen molar-refractivity contribution in [2.45, 2.75) is 45.3 Å². The lowest BCUT2D eigenvalue weighted by molar-refractivity contribution is 0.0830. The van der Waals surface area contributed by atoms with Crippen molar-refractivity contribution in [3.63, 3.8) is 0 Å². The van der Waals surface area contributed by atoms with Gasteiger partial charge < -0.3 is 20.1 Å². The van der Waals surface area contributed by atoms with Crippen molar-refractivity contribution in [3.8, 4) is 5.75 Å². The first-order valence-corrected chi connectivity index (χ1v) is 10.7. The minimum Gasteiger partial charge on any atom is -0.492 e. The summed E-state index contributed by atoms with van der Waals surface area (Å²) in [7, 11) is 0. The predicted molar refractivity (Wildman–Crippen MR) is 110 cm³/mol. The molecular weight excluding hydrogens is 338 g/mol. The highest BCUT2D eigenvalue weighted by atomic mass is 16.5. The first kappa shape index (κ1) is 20.6. The van der Waals surface area contributed by atoms with Crippen molar-refractivity contribution in [1.29, 1.82) is 0 Å². The highest BCUT2D eigenvalue weighted by Crippen LogP contribution is 2.16. The summed E-state index contributed by atoms with van der Waals surface area (Å²) in [6, 6.07) is 8.48. The second kappa shape index (κ2) is 11.0. The Morgan fingerprint density at radius 3 is 2.56 bits per heavy atom. The van der Waals surface area contributed by atoms with Gasteiger partial charge >= 0.3 is 0 Å². The molecular formula is C22H37N3O2. The summed E-state index contributed by atoms with van der Waals surface area (Å²) in [5, 5.41) is 13.1. The normalized spacial score (nSPS) is 22.8. The van der Waals surface area contributed by atoms with Crippen LogP contribution in [-0.4, -0.2) is 73.4 Å². The number of piperidine rings is 2. The monoisotopic (exact) mass is 375 g/mol. The maximum atomic E-state index is 9.55. The number of rotatable bonds is 9. The number of hydrogen-bond donors (Lipinski definition) is 2. The maximum Gasteiger partial charge on any atom is 0.119 e. The van der Waals surface area contributed by atoms with Gasteiger partial charge in [0.25, 0.3) is 0 Å². The molecule has 0 spiro atoms. The Kier molecular flexibility index (Phi) is 8.39. The lowest BCUT2D eigenvalue weighted by Crippen LogP contribution is -2.39. The lowest BCUT2D eigenvalue weighted by atomic mass is 10.0. The molecule has 3 rings (SSSR count). The van der Waals surface area contributed by atoms with Crippen LogP contribution in [0, 0.1) is 5.92 Å². The molecule has 5 heteroatoms. The first-order chi connectivity index (χ1) is 13.2. The molecule has 2 fully saturated rings. The third-order valence-electron chi connectivity index (χ3n) is 5.83. The van der Waals surface area contributed by atoms with Gasteiger partial charge in [0.1, 0.15) is 12.4 Å². The van der Waals surface area contributed by atoms with Crippen molar-refractivity contribution in [3.05, 3.63) is 29.8 Å². The molecule has 27 heavy (non-hydrogen) atoms. The van der Waals surface area contributed by atoms with E-state index >= 15 is 0 Å². The Balaban J connectivity index is 1.27. The van der Waals surface area contributed by atoms with Gasteiger partial charge in [-0.3, -0.25) is 4.90 Å². The van der Waals surface area contributed by atoms with Crippen LogP contribution in [0.5, 0.6) is 5.75 Å². The van der Waals surface area contributed by atoms with E-state index in [-0.39, 0.29) is 6.10 Å². The molecule has 2 heterocycles. The fraction of sp³-hybridized carbons (Fsp3) is 0.727. The van der Waals surface area contributed by atoms with Crippen molar-refractivity contribution < 1.29 is 9.84 Å². The summed E-state index contributed by atoms with van der Waals surface area (Å²) in [4.78, 5) is 4.95. The minimum absolute atomic E-state index is 0.0849. The van der Waals surface area contributed by atoms with Crippen LogP contribution < -0.4 is 10.1 Å². The van der Waals surface area contributed by atoms with Crippen molar-refractivity contribution in [2.75, 3.05) is 52.4 Å². The quantitative estimate of drug-likeness (QED) is 0.649. The number of nitrogens with one attached hydrogen (secondary N) is 1. The van der Waals surface area contributed by atoms with E-state index in [1.165, 1.54) is 31.5 Å². The molecule has 0 bridgehead atoms. The number of benzene rings is 1. The maximum absolute atomic E-state index is 9.55. The SMILES string of the molecule is C[C@@H]1CCCN(CCOc2ccc(CNCCN3CCC(O)CC3)cc2)C1. The van der Waals surface area contributed by atoms with Crippen LogP contribution in [0.4, 0.5) is 0 Å². The number of nitrogens with zero attached hydrogens (tertiary/aromatic N) is 2. The Morgan fingerprint density at radius 2 is 1.81 bits per heavy atom. The second-order valence-corrected chi connectivity index (χ2v) is 8.29. The highest BCUT2D eigenvalue weighted by Gasteiger charge is 2.16. The Bertz CT molecular complexity index is 529. The zero-order valence-electron chi connectivity index (χ0n) is 16.9. The molecule has 2 N–H and O–H groups in total. The molecule has 0 amide bonds. The Hall–Kier alpha value is -1.14. The molecule has 5 nitrogen and oxygen atoms in total. The fourth-order valence-corrected chi connectivity index (χ4v) is 4.10. The number of hydrogen-bond acceptors (Lipinski definition) is 5. The molecule has 0 aromatic heterocycles. The molecule has 0 unspecified atom stereocenters. The van der Waals surface area contributed by atoms with Gasteiger partial charge in [-0.2, -0.15) is 0 Å². The molecule has 0 radical (unpaired) electrons. The third-order valence-corrected chi connectivity index (χ3v) is 5.83. The van der Waals surface area contributed by atoms with Crippen LogP contribution in [0.15, 0.2) is 24.3 Å². The largest absolute Gasteiger partial charge is 0.492 e. The molecule has 152 valence electrons. The molecule has 1 aromatic rings. The number of aliphatic hydroxyl groups excluding tert-OH is 1. The van der Waals surface area contributed by atoms with Crippen molar-refractivity contribution in [2.24, 2.45) is 5.92 Å². The topological polar surface area (TPSA) is 48.0 Å². The van der Waals surface area contributed by atoms with Crippen molar-refractivity contribution >= 4 is 0 Å². The standard InChI is InChI=1S/C22H37N3O2/c1-19-3-2-11-25(18-19)15-16-27-22-6-4-20(5-7-22)17-23-10-14-24-12-8-21(26)9-13-24/h4-7,19,21,23,26H,2-3,8-18H2,1H3/t19-/m1/s1. The van der Waals surface area contributed by atoms with Crippen LogP contribution in [-0.2, 0) is 6.54 Å². The Labute approximate surface area is 164 Å². The summed E-state index contributed by atoms with van der Waals surface area (Å²) in [5.74, 6) is 1.79. The highest BCUT2D eigenvalue weighted by molar-refractivity contribution is 5.27. The molecule has 1 atom stereocenters. The number of aliphatic hydroxyl groups is 1. The van der Waals surface area contributed by atoms with Crippen LogP contribution in [0.25, 0.3) is 0 Å². The van der Waals surface area contributed by atoms with Gasteiger partial charge in [0.15, 0.2) is 0 Å². The smallest absolute Gasteiger partial charge is 0.119 e. The van der Waals surface area contributed by atoms with E-state index in [1.807, 2.05) is 0 Å². The van der Waals surface area contributed by atoms with E-state index in [1.54, 1.807) is 0 Å². The van der Waals surface area contributed by atoms with Gasteiger partial charge in [0.05, 0.1) is 6.10 Å². The third kappa shape index (κ3) is 7.41. The lowest BCUT2D eigenvalue weighted by Gasteiger charge is -2.30. The van der Waals surface area contributed by atoms with Gasteiger partial charge in [0, 0.05) is 45.8 Å². The fourth-order valence-electron chi connectivity index (χ4n) is 4.10. The van der Waals surface area contributed by atoms with Crippen LogP contribution in [0.2, 0.25) is 0 Å². The van der Waals surface area contributed by atoms with E-state index in [0.717, 1.165) is 70.4 Å². The van der Waals surface area contributed by atoms with E-state index in [2.05, 4.69) is 46.3 Å². The van der Waals surface area contributed by atoms with E-state index in [9.17, 15) is 5.11 Å². The minimum atomic E-state index is -0.0849. The predicted octanol–water partition coefficient (Wildman–Crippen LogP) is 2.34. The summed E-state index contributed by atoms with van der Waals surface area (Å²) in [6.45, 7) is 11.6. The average molecular weight is 376 g/mol. The van der Waals surface area contributed by atoms with Gasteiger partial charge in [0.2, 0.25) is 0 Å². The van der Waals surface area contributed by atoms with E-state index in [4.69, 9.17) is 4.74 Å². The molecule has 0 aliphatic carbocycles. The number of ether oxygens (including phenoxy) is 1. The molecule has 2 aliphatic rings. The Morgan fingerprint density at radius 1 is 1.04 bits per heavy atom. The molecule has 1 aromatic carbocycles. The molecule has 0 saturated carbocycles. The first-order valence-electron chi connectivity index (χ1n) is 10.7. The summed E-state index contributed by atoms with van der Waals surface area (Å²) in [5.41, 5.74) is 1.29. The number of likely N-dealkylation sites (tertiary alicyclic amines) is 2. The van der Waals surface area contributed by atoms with E-state index in [0.29, 0.717) is 0 Å². The average Bonchev–Trinajstić information content (AvgIpc) is 2.68. The van der Waals surface area contributed by atoms with Gasteiger partial charge in [-0.15, -0.1) is 0 Å². The summed E-state index contributed by atoms with van der Waals surface area (Å²) in [6.07, 6.45) is 4.44. The van der Waals surface area contributed by atoms with E-state index < -0.39 is 0 Å². The summed E-state index contributed by atoms with van der Waals surface area (Å²) >= 11 is 0. The van der Waals surface area contributed by atoms with Crippen molar-refractivity contribution in [1.82, 2.24) is 15.1 Å². The van der Waals surface area contributed by atoms with Gasteiger partial charge in [-0.05, 0) is 55.8 Å². The summed E-state index contributed by atoms with van der Waals surface area (Å²) < 4.78 is 5.92. The molecule has 2 saturated heterocycles. The van der Waals surface area contributed by atoms with Crippen LogP contribution in [0.1, 0.15) is 38.2 Å². The van der Waals surface area contributed by atoms with Crippen LogP contribution in [0.3, 0.4) is 0 Å². The van der Waals surface area contributed by atoms with Crippen LogP contribution >= 0.6 is 0 Å². The zero-order chi connectivity index (χ0) is 18.9. The second-order valence-electron chi connectivity index (χ2n) is 8.29.